The van der Waals surface area contributed by atoms with Crippen molar-refractivity contribution in [2.45, 2.75) is 32.1 Å². The fraction of sp³-hybridized carbons (Fsp3) is 0.375. The molecule has 8 heteroatoms. The second kappa shape index (κ2) is 6.18. The van der Waals surface area contributed by atoms with Crippen molar-refractivity contribution in [3.05, 3.63) is 53.1 Å². The van der Waals surface area contributed by atoms with Crippen molar-refractivity contribution in [2.75, 3.05) is 6.54 Å². The van der Waals surface area contributed by atoms with E-state index >= 15 is 0 Å². The van der Waals surface area contributed by atoms with E-state index in [-0.39, 0.29) is 6.54 Å². The lowest BCUT2D eigenvalue weighted by molar-refractivity contribution is -0.137. The van der Waals surface area contributed by atoms with Crippen molar-refractivity contribution in [2.24, 2.45) is 0 Å². The summed E-state index contributed by atoms with van der Waals surface area (Å²) in [5.74, 6) is 0. The van der Waals surface area contributed by atoms with Crippen molar-refractivity contribution < 1.29 is 23.1 Å². The molecule has 128 valence electrons. The summed E-state index contributed by atoms with van der Waals surface area (Å²) in [5, 5.41) is 9.10. The van der Waals surface area contributed by atoms with Crippen LogP contribution in [0.4, 0.5) is 18.0 Å². The van der Waals surface area contributed by atoms with Crippen LogP contribution in [0.2, 0.25) is 0 Å². The van der Waals surface area contributed by atoms with Gasteiger partial charge in [0.1, 0.15) is 0 Å². The third-order valence-corrected chi connectivity index (χ3v) is 4.19. The molecular weight excluding hydrogens is 323 g/mol. The smallest absolute Gasteiger partial charge is 0.416 e. The predicted molar refractivity (Wildman–Crippen MR) is 79.5 cm³/mol. The molecular formula is C16H16F3N3O2. The molecule has 0 spiro atoms. The molecule has 0 saturated heterocycles. The molecule has 0 bridgehead atoms. The van der Waals surface area contributed by atoms with Crippen LogP contribution in [0.5, 0.6) is 0 Å². The number of carboxylic acid groups (broad SMARTS) is 1. The summed E-state index contributed by atoms with van der Waals surface area (Å²) in [6, 6.07) is 5.08. The molecule has 1 aliphatic heterocycles. The molecule has 1 aromatic heterocycles. The van der Waals surface area contributed by atoms with Crippen LogP contribution in [0.25, 0.3) is 0 Å². The SMILES string of the molecule is O=C(O)N1CCn2cnc(CCc3ccc(C(F)(F)F)cc3)c2C1. The summed E-state index contributed by atoms with van der Waals surface area (Å²) in [6.07, 6.45) is -2.49. The van der Waals surface area contributed by atoms with Gasteiger partial charge in [0, 0.05) is 13.1 Å². The van der Waals surface area contributed by atoms with Gasteiger partial charge in [-0.2, -0.15) is 13.2 Å². The summed E-state index contributed by atoms with van der Waals surface area (Å²) in [7, 11) is 0. The number of aryl methyl sites for hydroxylation is 2. The third kappa shape index (κ3) is 3.37. The fourth-order valence-corrected chi connectivity index (χ4v) is 2.81. The van der Waals surface area contributed by atoms with Crippen LogP contribution in [-0.2, 0) is 32.1 Å². The quantitative estimate of drug-likeness (QED) is 0.934. The number of nitrogens with zero attached hydrogens (tertiary/aromatic N) is 3. The van der Waals surface area contributed by atoms with E-state index in [9.17, 15) is 18.0 Å². The Kier molecular flexibility index (Phi) is 4.21. The lowest BCUT2D eigenvalue weighted by atomic mass is 10.0. The molecule has 2 aromatic rings. The average molecular weight is 339 g/mol. The highest BCUT2D eigenvalue weighted by Crippen LogP contribution is 2.29. The van der Waals surface area contributed by atoms with Crippen molar-refractivity contribution in [1.29, 1.82) is 0 Å². The number of imidazole rings is 1. The Labute approximate surface area is 136 Å². The number of carbonyl (C=O) groups is 1. The van der Waals surface area contributed by atoms with Crippen LogP contribution < -0.4 is 0 Å². The number of fused-ring (bicyclic) bond motifs is 1. The van der Waals surface area contributed by atoms with E-state index in [1.165, 1.54) is 17.0 Å². The minimum absolute atomic E-state index is 0.289. The van der Waals surface area contributed by atoms with Gasteiger partial charge in [0.2, 0.25) is 0 Å². The largest absolute Gasteiger partial charge is 0.465 e. The van der Waals surface area contributed by atoms with Crippen molar-refractivity contribution in [1.82, 2.24) is 14.5 Å². The first kappa shape index (κ1) is 16.4. The number of benzene rings is 1. The molecule has 0 aliphatic carbocycles. The lowest BCUT2D eigenvalue weighted by Gasteiger charge is -2.26. The summed E-state index contributed by atoms with van der Waals surface area (Å²) in [6.45, 7) is 1.28. The highest BCUT2D eigenvalue weighted by molar-refractivity contribution is 5.65. The van der Waals surface area contributed by atoms with Gasteiger partial charge in [0.05, 0.1) is 29.8 Å². The Balaban J connectivity index is 1.68. The van der Waals surface area contributed by atoms with Crippen molar-refractivity contribution in [3.63, 3.8) is 0 Å². The molecule has 5 nitrogen and oxygen atoms in total. The van der Waals surface area contributed by atoms with Crippen LogP contribution in [0.3, 0.4) is 0 Å². The first-order chi connectivity index (χ1) is 11.3. The van der Waals surface area contributed by atoms with Crippen LogP contribution >= 0.6 is 0 Å². The minimum atomic E-state index is -4.33. The highest BCUT2D eigenvalue weighted by atomic mass is 19.4. The van der Waals surface area contributed by atoms with Crippen molar-refractivity contribution >= 4 is 6.09 Å². The maximum absolute atomic E-state index is 12.6. The zero-order chi connectivity index (χ0) is 17.3. The zero-order valence-electron chi connectivity index (χ0n) is 12.8. The van der Waals surface area contributed by atoms with E-state index in [1.54, 1.807) is 6.33 Å². The fourth-order valence-electron chi connectivity index (χ4n) is 2.81. The van der Waals surface area contributed by atoms with Gasteiger partial charge in [-0.1, -0.05) is 12.1 Å². The Hall–Kier alpha value is -2.51. The molecule has 1 aromatic carbocycles. The first-order valence-electron chi connectivity index (χ1n) is 7.51. The predicted octanol–water partition coefficient (Wildman–Crippen LogP) is 3.18. The van der Waals surface area contributed by atoms with E-state index in [2.05, 4.69) is 4.98 Å². The van der Waals surface area contributed by atoms with E-state index in [0.717, 1.165) is 29.1 Å². The van der Waals surface area contributed by atoms with Crippen LogP contribution in [0, 0.1) is 0 Å². The number of hydrogen-bond donors (Lipinski definition) is 1. The summed E-state index contributed by atoms with van der Waals surface area (Å²) in [5.41, 5.74) is 1.77. The molecule has 0 saturated carbocycles. The van der Waals surface area contributed by atoms with Crippen LogP contribution in [-0.4, -0.2) is 32.2 Å². The molecule has 1 amide bonds. The van der Waals surface area contributed by atoms with Gasteiger partial charge in [-0.15, -0.1) is 0 Å². The molecule has 0 unspecified atom stereocenters. The van der Waals surface area contributed by atoms with E-state index in [4.69, 9.17) is 5.11 Å². The number of halogens is 3. The third-order valence-electron chi connectivity index (χ3n) is 4.19. The standard InChI is InChI=1S/C16H16F3N3O2/c17-16(18,19)12-4-1-11(2-5-12)3-6-13-14-9-21(15(23)24)7-8-22(14)10-20-13/h1-2,4-5,10H,3,6-9H2,(H,23,24). The van der Waals surface area contributed by atoms with E-state index in [0.29, 0.717) is 25.9 Å². The molecule has 1 aliphatic rings. The first-order valence-corrected chi connectivity index (χ1v) is 7.51. The van der Waals surface area contributed by atoms with E-state index in [1.807, 2.05) is 4.57 Å². The van der Waals surface area contributed by atoms with Gasteiger partial charge >= 0.3 is 12.3 Å². The second-order valence-corrected chi connectivity index (χ2v) is 5.73. The van der Waals surface area contributed by atoms with Crippen LogP contribution in [0.1, 0.15) is 22.5 Å². The van der Waals surface area contributed by atoms with Crippen LogP contribution in [0.15, 0.2) is 30.6 Å². The minimum Gasteiger partial charge on any atom is -0.465 e. The molecule has 0 fully saturated rings. The summed E-state index contributed by atoms with van der Waals surface area (Å²) >= 11 is 0. The number of hydrogen-bond acceptors (Lipinski definition) is 2. The van der Waals surface area contributed by atoms with Gasteiger partial charge in [0.15, 0.2) is 0 Å². The summed E-state index contributed by atoms with van der Waals surface area (Å²) in [4.78, 5) is 16.8. The number of aromatic nitrogens is 2. The number of amides is 1. The van der Waals surface area contributed by atoms with E-state index < -0.39 is 17.8 Å². The topological polar surface area (TPSA) is 58.4 Å². The Bertz CT molecular complexity index is 738. The Morgan fingerprint density at radius 1 is 1.17 bits per heavy atom. The zero-order valence-corrected chi connectivity index (χ0v) is 12.8. The van der Waals surface area contributed by atoms with Crippen molar-refractivity contribution in [3.8, 4) is 0 Å². The number of alkyl halides is 3. The Morgan fingerprint density at radius 2 is 1.88 bits per heavy atom. The van der Waals surface area contributed by atoms with Gasteiger partial charge in [-0.3, -0.25) is 0 Å². The van der Waals surface area contributed by atoms with Gasteiger partial charge in [0.25, 0.3) is 0 Å². The second-order valence-electron chi connectivity index (χ2n) is 5.73. The lowest BCUT2D eigenvalue weighted by Crippen LogP contribution is -2.37. The normalized spacial score (nSPS) is 14.5. The summed E-state index contributed by atoms with van der Waals surface area (Å²) < 4.78 is 39.6. The Morgan fingerprint density at radius 3 is 2.50 bits per heavy atom. The van der Waals surface area contributed by atoms with Gasteiger partial charge in [-0.25, -0.2) is 9.78 Å². The maximum Gasteiger partial charge on any atom is 0.416 e. The van der Waals surface area contributed by atoms with Gasteiger partial charge in [-0.05, 0) is 30.5 Å². The molecule has 24 heavy (non-hydrogen) atoms. The highest BCUT2D eigenvalue weighted by Gasteiger charge is 2.30. The molecule has 3 rings (SSSR count). The van der Waals surface area contributed by atoms with Gasteiger partial charge < -0.3 is 14.6 Å². The number of rotatable bonds is 3. The molecule has 2 heterocycles. The molecule has 1 N–H and O–H groups in total. The maximum atomic E-state index is 12.6. The average Bonchev–Trinajstić information content (AvgIpc) is 2.94. The molecule has 0 atom stereocenters. The molecule has 0 radical (unpaired) electrons. The monoisotopic (exact) mass is 339 g/mol.